The first-order valence-electron chi connectivity index (χ1n) is 6.31. The van der Waals surface area contributed by atoms with Crippen molar-refractivity contribution in [1.29, 1.82) is 0 Å². The Kier molecular flexibility index (Phi) is 4.66. The van der Waals surface area contributed by atoms with Crippen molar-refractivity contribution in [3.05, 3.63) is 41.6 Å². The number of carbonyl (C=O) groups excluding carboxylic acids is 1. The van der Waals surface area contributed by atoms with Crippen molar-refractivity contribution in [3.8, 4) is 5.75 Å². The largest absolute Gasteiger partial charge is 0.484 e. The zero-order valence-corrected chi connectivity index (χ0v) is 12.8. The molecule has 0 radical (unpaired) electrons. The molecule has 0 aliphatic heterocycles. The Morgan fingerprint density at radius 2 is 1.95 bits per heavy atom. The van der Waals surface area contributed by atoms with Crippen LogP contribution >= 0.6 is 0 Å². The Morgan fingerprint density at radius 1 is 1.27 bits per heavy atom. The molecule has 0 saturated carbocycles. The number of anilines is 1. The number of rotatable bonds is 6. The van der Waals surface area contributed by atoms with Crippen molar-refractivity contribution in [2.45, 2.75) is 13.8 Å². The summed E-state index contributed by atoms with van der Waals surface area (Å²) in [4.78, 5) is 11.6. The highest BCUT2D eigenvalue weighted by Gasteiger charge is 2.19. The van der Waals surface area contributed by atoms with E-state index in [1.165, 1.54) is 0 Å². The molecule has 0 fully saturated rings. The highest BCUT2D eigenvalue weighted by molar-refractivity contribution is 7.91. The zero-order valence-electron chi connectivity index (χ0n) is 12.0. The third kappa shape index (κ3) is 4.22. The third-order valence-electron chi connectivity index (χ3n) is 2.75. The molecule has 118 valence electrons. The Bertz CT molecular complexity index is 755. The van der Waals surface area contributed by atoms with Crippen LogP contribution in [0, 0.1) is 13.8 Å². The number of para-hydroxylation sites is 1. The quantitative estimate of drug-likeness (QED) is 0.824. The van der Waals surface area contributed by atoms with Gasteiger partial charge in [0.1, 0.15) is 5.75 Å². The molecule has 0 aliphatic rings. The van der Waals surface area contributed by atoms with Crippen LogP contribution in [0.4, 0.5) is 5.88 Å². The van der Waals surface area contributed by atoms with Crippen LogP contribution < -0.4 is 14.2 Å². The molecule has 1 aromatic carbocycles. The van der Waals surface area contributed by atoms with Crippen molar-refractivity contribution in [2.24, 2.45) is 0 Å². The normalized spacial score (nSPS) is 11.0. The Hall–Kier alpha value is -2.55. The van der Waals surface area contributed by atoms with Crippen LogP contribution in [0.1, 0.15) is 11.3 Å². The van der Waals surface area contributed by atoms with Crippen molar-refractivity contribution in [3.63, 3.8) is 0 Å². The second-order valence-electron chi connectivity index (χ2n) is 4.45. The van der Waals surface area contributed by atoms with Gasteiger partial charge in [0.2, 0.25) is 5.88 Å². The van der Waals surface area contributed by atoms with Crippen LogP contribution in [0.15, 0.2) is 34.9 Å². The highest BCUT2D eigenvalue weighted by Crippen LogP contribution is 2.18. The maximum Gasteiger partial charge on any atom is 0.326 e. The molecule has 0 bridgehead atoms. The molecule has 2 aromatic rings. The van der Waals surface area contributed by atoms with Crippen molar-refractivity contribution in [1.82, 2.24) is 9.88 Å². The lowest BCUT2D eigenvalue weighted by molar-refractivity contribution is -0.121. The molecule has 9 heteroatoms. The summed E-state index contributed by atoms with van der Waals surface area (Å²) < 4.78 is 37.5. The monoisotopic (exact) mass is 325 g/mol. The molecule has 0 unspecified atom stereocenters. The summed E-state index contributed by atoms with van der Waals surface area (Å²) in [5.41, 5.74) is 1.09. The number of hydrogen-bond donors (Lipinski definition) is 2. The van der Waals surface area contributed by atoms with E-state index in [1.807, 2.05) is 4.72 Å². The average Bonchev–Trinajstić information content (AvgIpc) is 2.77. The molecule has 2 rings (SSSR count). The summed E-state index contributed by atoms with van der Waals surface area (Å²) in [6.07, 6.45) is 0. The number of nitrogens with zero attached hydrogens (tertiary/aromatic N) is 1. The minimum Gasteiger partial charge on any atom is -0.484 e. The van der Waals surface area contributed by atoms with Crippen LogP contribution in [0.5, 0.6) is 5.75 Å². The number of aromatic nitrogens is 1. The predicted octanol–water partition coefficient (Wildman–Crippen LogP) is 1.14. The number of aryl methyl sites for hydroxylation is 1. The van der Waals surface area contributed by atoms with Crippen LogP contribution in [-0.4, -0.2) is 26.1 Å². The van der Waals surface area contributed by atoms with E-state index in [-0.39, 0.29) is 5.88 Å². The van der Waals surface area contributed by atoms with Crippen LogP contribution in [0.2, 0.25) is 0 Å². The molecule has 0 atom stereocenters. The van der Waals surface area contributed by atoms with Gasteiger partial charge in [-0.05, 0) is 26.0 Å². The SMILES string of the molecule is Cc1noc(NS(=O)(=O)NC(=O)COc2ccccc2)c1C. The summed E-state index contributed by atoms with van der Waals surface area (Å²) in [6, 6.07) is 8.57. The summed E-state index contributed by atoms with van der Waals surface area (Å²) in [7, 11) is -4.11. The molecule has 1 amide bonds. The maximum atomic E-state index is 11.8. The molecule has 1 heterocycles. The van der Waals surface area contributed by atoms with Gasteiger partial charge in [-0.1, -0.05) is 23.4 Å². The summed E-state index contributed by atoms with van der Waals surface area (Å²) in [5.74, 6) is -0.392. The Balaban J connectivity index is 1.91. The molecular formula is C13H15N3O5S. The lowest BCUT2D eigenvalue weighted by Crippen LogP contribution is -2.38. The van der Waals surface area contributed by atoms with Gasteiger partial charge in [-0.25, -0.2) is 9.44 Å². The van der Waals surface area contributed by atoms with E-state index >= 15 is 0 Å². The van der Waals surface area contributed by atoms with Gasteiger partial charge in [-0.2, -0.15) is 8.42 Å². The van der Waals surface area contributed by atoms with E-state index in [0.29, 0.717) is 17.0 Å². The fraction of sp³-hybridized carbons (Fsp3) is 0.231. The van der Waals surface area contributed by atoms with E-state index in [0.717, 1.165) is 0 Å². The van der Waals surface area contributed by atoms with E-state index < -0.39 is 22.7 Å². The van der Waals surface area contributed by atoms with E-state index in [1.54, 1.807) is 44.2 Å². The summed E-state index contributed by atoms with van der Waals surface area (Å²) in [6.45, 7) is 2.88. The Labute approximate surface area is 127 Å². The lowest BCUT2D eigenvalue weighted by Gasteiger charge is -2.08. The molecule has 2 N–H and O–H groups in total. The molecule has 0 saturated heterocycles. The van der Waals surface area contributed by atoms with Crippen LogP contribution in [0.25, 0.3) is 0 Å². The van der Waals surface area contributed by atoms with Gasteiger partial charge in [-0.15, -0.1) is 0 Å². The van der Waals surface area contributed by atoms with Crippen LogP contribution in [-0.2, 0) is 15.0 Å². The number of hydrogen-bond acceptors (Lipinski definition) is 6. The standard InChI is InChI=1S/C13H15N3O5S/c1-9-10(2)14-21-13(9)16-22(18,19)15-12(17)8-20-11-6-4-3-5-7-11/h3-7,16H,8H2,1-2H3,(H,15,17). The van der Waals surface area contributed by atoms with Crippen molar-refractivity contribution in [2.75, 3.05) is 11.3 Å². The van der Waals surface area contributed by atoms with E-state index in [9.17, 15) is 13.2 Å². The summed E-state index contributed by atoms with van der Waals surface area (Å²) in [5, 5.41) is 3.62. The van der Waals surface area contributed by atoms with Gasteiger partial charge in [0, 0.05) is 5.56 Å². The first kappa shape index (κ1) is 15.8. The van der Waals surface area contributed by atoms with E-state index in [2.05, 4.69) is 9.88 Å². The number of ether oxygens (including phenoxy) is 1. The first-order valence-corrected chi connectivity index (χ1v) is 7.80. The van der Waals surface area contributed by atoms with Gasteiger partial charge in [0.05, 0.1) is 5.69 Å². The van der Waals surface area contributed by atoms with Gasteiger partial charge >= 0.3 is 10.2 Å². The number of benzene rings is 1. The van der Waals surface area contributed by atoms with Crippen molar-refractivity contribution >= 4 is 22.0 Å². The molecule has 0 aliphatic carbocycles. The first-order chi connectivity index (χ1) is 10.4. The number of amides is 1. The number of carbonyl (C=O) groups is 1. The molecule has 1 aromatic heterocycles. The molecule has 22 heavy (non-hydrogen) atoms. The van der Waals surface area contributed by atoms with Gasteiger partial charge in [0.15, 0.2) is 6.61 Å². The average molecular weight is 325 g/mol. The van der Waals surface area contributed by atoms with Gasteiger partial charge in [-0.3, -0.25) is 4.79 Å². The second kappa shape index (κ2) is 6.48. The molecular weight excluding hydrogens is 310 g/mol. The topological polar surface area (TPSA) is 111 Å². The van der Waals surface area contributed by atoms with Crippen molar-refractivity contribution < 1.29 is 22.5 Å². The van der Waals surface area contributed by atoms with Crippen LogP contribution in [0.3, 0.4) is 0 Å². The lowest BCUT2D eigenvalue weighted by atomic mass is 10.3. The van der Waals surface area contributed by atoms with Gasteiger partial charge < -0.3 is 9.26 Å². The van der Waals surface area contributed by atoms with E-state index in [4.69, 9.17) is 9.26 Å². The minimum atomic E-state index is -4.11. The third-order valence-corrected chi connectivity index (χ3v) is 3.70. The maximum absolute atomic E-state index is 11.8. The minimum absolute atomic E-state index is 0.0400. The molecule has 8 nitrogen and oxygen atoms in total. The fourth-order valence-electron chi connectivity index (χ4n) is 1.50. The highest BCUT2D eigenvalue weighted by atomic mass is 32.2. The van der Waals surface area contributed by atoms with Gasteiger partial charge in [0.25, 0.3) is 5.91 Å². The summed E-state index contributed by atoms with van der Waals surface area (Å²) >= 11 is 0. The second-order valence-corrected chi connectivity index (χ2v) is 5.87. The zero-order chi connectivity index (χ0) is 16.2. The smallest absolute Gasteiger partial charge is 0.326 e. The Morgan fingerprint density at radius 3 is 2.55 bits per heavy atom. The fourth-order valence-corrected chi connectivity index (χ4v) is 2.35. The number of nitrogens with one attached hydrogen (secondary N) is 2. The predicted molar refractivity (Wildman–Crippen MR) is 78.6 cm³/mol. The molecule has 0 spiro atoms.